The number of rotatable bonds is 7. The van der Waals surface area contributed by atoms with E-state index in [-0.39, 0.29) is 11.5 Å². The van der Waals surface area contributed by atoms with Crippen molar-refractivity contribution < 1.29 is 9.53 Å². The largest absolute Gasteiger partial charge is 0.495 e. The van der Waals surface area contributed by atoms with Gasteiger partial charge >= 0.3 is 0 Å². The summed E-state index contributed by atoms with van der Waals surface area (Å²) in [5, 5.41) is 2.86. The molecule has 0 aliphatic rings. The van der Waals surface area contributed by atoms with Gasteiger partial charge in [0.2, 0.25) is 5.91 Å². The molecule has 0 aliphatic carbocycles. The van der Waals surface area contributed by atoms with E-state index in [4.69, 9.17) is 4.74 Å². The Morgan fingerprint density at radius 1 is 1.42 bits per heavy atom. The Bertz CT molecular complexity index is 761. The zero-order valence-electron chi connectivity index (χ0n) is 14.0. The van der Waals surface area contributed by atoms with Crippen LogP contribution in [0.15, 0.2) is 40.3 Å². The van der Waals surface area contributed by atoms with E-state index in [2.05, 4.69) is 15.3 Å². The first-order chi connectivity index (χ1) is 11.5. The first-order valence-electron chi connectivity index (χ1n) is 7.74. The van der Waals surface area contributed by atoms with Crippen molar-refractivity contribution in [3.05, 3.63) is 46.4 Å². The van der Waals surface area contributed by atoms with Gasteiger partial charge in [0.1, 0.15) is 5.75 Å². The summed E-state index contributed by atoms with van der Waals surface area (Å²) in [7, 11) is 1.55. The van der Waals surface area contributed by atoms with Gasteiger partial charge in [0.25, 0.3) is 5.56 Å². The highest BCUT2D eigenvalue weighted by atomic mass is 32.2. The van der Waals surface area contributed by atoms with Gasteiger partial charge < -0.3 is 15.0 Å². The summed E-state index contributed by atoms with van der Waals surface area (Å²) in [6.07, 6.45) is 1.64. The topological polar surface area (TPSA) is 84.1 Å². The molecule has 0 saturated heterocycles. The molecule has 0 radical (unpaired) electrons. The van der Waals surface area contributed by atoms with Crippen molar-refractivity contribution in [2.45, 2.75) is 37.1 Å². The van der Waals surface area contributed by atoms with E-state index in [9.17, 15) is 9.59 Å². The molecular weight excluding hydrogens is 326 g/mol. The lowest BCUT2D eigenvalue weighted by Crippen LogP contribution is -2.23. The number of anilines is 1. The monoisotopic (exact) mass is 347 g/mol. The molecule has 1 atom stereocenters. The Morgan fingerprint density at radius 3 is 2.88 bits per heavy atom. The number of benzene rings is 1. The number of nitrogens with one attached hydrogen (secondary N) is 2. The molecule has 128 valence electrons. The maximum Gasteiger partial charge on any atom is 0.251 e. The standard InChI is InChI=1S/C17H21N3O3S/c1-4-7-12-10-15(21)20-17(18-12)24-11(2)16(22)19-13-8-5-6-9-14(13)23-3/h5-6,8-11H,4,7H2,1-3H3,(H,19,22)(H,18,20,21). The molecule has 7 heteroatoms. The summed E-state index contributed by atoms with van der Waals surface area (Å²) in [6.45, 7) is 3.79. The van der Waals surface area contributed by atoms with E-state index in [0.29, 0.717) is 16.6 Å². The SMILES string of the molecule is CCCc1cc(=O)[nH]c(SC(C)C(=O)Nc2ccccc2OC)n1. The molecule has 1 aromatic carbocycles. The molecule has 1 heterocycles. The van der Waals surface area contributed by atoms with Crippen molar-refractivity contribution in [2.24, 2.45) is 0 Å². The molecule has 24 heavy (non-hydrogen) atoms. The van der Waals surface area contributed by atoms with Crippen LogP contribution in [0.3, 0.4) is 0 Å². The van der Waals surface area contributed by atoms with Gasteiger partial charge in [-0.15, -0.1) is 0 Å². The third kappa shape index (κ3) is 4.86. The molecule has 0 aliphatic heterocycles. The van der Waals surface area contributed by atoms with Gasteiger partial charge in [-0.1, -0.05) is 37.2 Å². The van der Waals surface area contributed by atoms with Crippen LogP contribution in [0.4, 0.5) is 5.69 Å². The molecule has 0 fully saturated rings. The first kappa shape index (κ1) is 18.1. The van der Waals surface area contributed by atoms with Gasteiger partial charge in [-0.05, 0) is 25.5 Å². The molecule has 6 nitrogen and oxygen atoms in total. The van der Waals surface area contributed by atoms with Crippen LogP contribution >= 0.6 is 11.8 Å². The van der Waals surface area contributed by atoms with E-state index in [1.165, 1.54) is 17.8 Å². The molecule has 2 aromatic rings. The van der Waals surface area contributed by atoms with Crippen LogP contribution in [0.25, 0.3) is 0 Å². The fraction of sp³-hybridized carbons (Fsp3) is 0.353. The number of ether oxygens (including phenoxy) is 1. The second-order valence-corrected chi connectivity index (χ2v) is 6.57. The van der Waals surface area contributed by atoms with Gasteiger partial charge in [0.15, 0.2) is 5.16 Å². The number of aryl methyl sites for hydroxylation is 1. The number of hydrogen-bond donors (Lipinski definition) is 2. The summed E-state index contributed by atoms with van der Waals surface area (Å²) < 4.78 is 5.22. The minimum Gasteiger partial charge on any atom is -0.495 e. The molecule has 1 amide bonds. The van der Waals surface area contributed by atoms with Crippen molar-refractivity contribution in [1.82, 2.24) is 9.97 Å². The van der Waals surface area contributed by atoms with E-state index < -0.39 is 5.25 Å². The number of thioether (sulfide) groups is 1. The van der Waals surface area contributed by atoms with E-state index >= 15 is 0 Å². The zero-order chi connectivity index (χ0) is 17.5. The number of amides is 1. The van der Waals surface area contributed by atoms with E-state index in [0.717, 1.165) is 18.5 Å². The molecule has 0 bridgehead atoms. The van der Waals surface area contributed by atoms with Crippen LogP contribution in [0.1, 0.15) is 26.0 Å². The highest BCUT2D eigenvalue weighted by Gasteiger charge is 2.17. The lowest BCUT2D eigenvalue weighted by atomic mass is 10.2. The lowest BCUT2D eigenvalue weighted by molar-refractivity contribution is -0.115. The number of methoxy groups -OCH3 is 1. The molecule has 2 rings (SSSR count). The quantitative estimate of drug-likeness (QED) is 0.594. The fourth-order valence-electron chi connectivity index (χ4n) is 2.13. The van der Waals surface area contributed by atoms with Crippen molar-refractivity contribution in [3.8, 4) is 5.75 Å². The van der Waals surface area contributed by atoms with Crippen molar-refractivity contribution in [3.63, 3.8) is 0 Å². The number of nitrogens with zero attached hydrogens (tertiary/aromatic N) is 1. The molecule has 1 unspecified atom stereocenters. The number of aromatic nitrogens is 2. The van der Waals surface area contributed by atoms with Crippen molar-refractivity contribution >= 4 is 23.4 Å². The third-order valence-corrected chi connectivity index (χ3v) is 4.29. The number of carbonyl (C=O) groups excluding carboxylic acids is 1. The van der Waals surface area contributed by atoms with E-state index in [1.54, 1.807) is 26.2 Å². The van der Waals surface area contributed by atoms with Gasteiger partial charge in [-0.3, -0.25) is 9.59 Å². The van der Waals surface area contributed by atoms with Crippen LogP contribution in [0.2, 0.25) is 0 Å². The Hall–Kier alpha value is -2.28. The Balaban J connectivity index is 2.07. The average Bonchev–Trinajstić information content (AvgIpc) is 2.55. The molecule has 0 saturated carbocycles. The van der Waals surface area contributed by atoms with Crippen molar-refractivity contribution in [2.75, 3.05) is 12.4 Å². The second-order valence-electron chi connectivity index (χ2n) is 5.24. The minimum atomic E-state index is -0.421. The maximum absolute atomic E-state index is 12.4. The van der Waals surface area contributed by atoms with Crippen LogP contribution in [0.5, 0.6) is 5.75 Å². The van der Waals surface area contributed by atoms with Gasteiger partial charge in [0.05, 0.1) is 18.0 Å². The van der Waals surface area contributed by atoms with Gasteiger partial charge in [-0.2, -0.15) is 0 Å². The zero-order valence-corrected chi connectivity index (χ0v) is 14.8. The van der Waals surface area contributed by atoms with Gasteiger partial charge in [0, 0.05) is 11.8 Å². The minimum absolute atomic E-state index is 0.187. The highest BCUT2D eigenvalue weighted by molar-refractivity contribution is 8.00. The highest BCUT2D eigenvalue weighted by Crippen LogP contribution is 2.25. The molecule has 0 spiro atoms. The van der Waals surface area contributed by atoms with Crippen LogP contribution in [-0.2, 0) is 11.2 Å². The lowest BCUT2D eigenvalue weighted by Gasteiger charge is -2.13. The average molecular weight is 347 g/mol. The number of aromatic amines is 1. The van der Waals surface area contributed by atoms with Crippen LogP contribution < -0.4 is 15.6 Å². The second kappa shape index (κ2) is 8.54. The summed E-state index contributed by atoms with van der Waals surface area (Å²) in [6, 6.07) is 8.70. The summed E-state index contributed by atoms with van der Waals surface area (Å²) in [5.41, 5.74) is 1.15. The molecule has 1 aromatic heterocycles. The van der Waals surface area contributed by atoms with Gasteiger partial charge in [-0.25, -0.2) is 4.98 Å². The number of hydrogen-bond acceptors (Lipinski definition) is 5. The summed E-state index contributed by atoms with van der Waals surface area (Å²) in [4.78, 5) is 31.1. The molecular formula is C17H21N3O3S. The smallest absolute Gasteiger partial charge is 0.251 e. The Morgan fingerprint density at radius 2 is 2.17 bits per heavy atom. The number of carbonyl (C=O) groups is 1. The fourth-order valence-corrected chi connectivity index (χ4v) is 2.96. The third-order valence-electron chi connectivity index (χ3n) is 3.30. The first-order valence-corrected chi connectivity index (χ1v) is 8.62. The number of para-hydroxylation sites is 2. The number of H-pyrrole nitrogens is 1. The van der Waals surface area contributed by atoms with E-state index in [1.807, 2.05) is 19.1 Å². The predicted molar refractivity (Wildman–Crippen MR) is 95.8 cm³/mol. The van der Waals surface area contributed by atoms with Crippen molar-refractivity contribution in [1.29, 1.82) is 0 Å². The normalized spacial score (nSPS) is 11.8. The Kier molecular flexibility index (Phi) is 6.43. The van der Waals surface area contributed by atoms with Crippen LogP contribution in [-0.4, -0.2) is 28.2 Å². The summed E-state index contributed by atoms with van der Waals surface area (Å²) >= 11 is 1.22. The maximum atomic E-state index is 12.4. The predicted octanol–water partition coefficient (Wildman–Crippen LogP) is 2.85. The van der Waals surface area contributed by atoms with Crippen LogP contribution in [0, 0.1) is 0 Å². The summed E-state index contributed by atoms with van der Waals surface area (Å²) in [5.74, 6) is 0.410. The molecule has 2 N–H and O–H groups in total. The Labute approximate surface area is 145 Å².